The van der Waals surface area contributed by atoms with E-state index >= 15 is 0 Å². The lowest BCUT2D eigenvalue weighted by atomic mass is 10.7. The van der Waals surface area contributed by atoms with E-state index in [9.17, 15) is 18.7 Å². The lowest BCUT2D eigenvalue weighted by Crippen LogP contribution is -2.18. The second-order valence-corrected chi connectivity index (χ2v) is 11.0. The SMILES string of the molecule is CP(C)(=O)C(O)C(=O)O.CP(C)(=O)C(O)C(=O)O. The van der Waals surface area contributed by atoms with Crippen molar-refractivity contribution < 1.29 is 39.1 Å². The summed E-state index contributed by atoms with van der Waals surface area (Å²) < 4.78 is 21.5. The van der Waals surface area contributed by atoms with E-state index in [0.29, 0.717) is 0 Å². The van der Waals surface area contributed by atoms with Gasteiger partial charge in [-0.25, -0.2) is 9.59 Å². The van der Waals surface area contributed by atoms with Crippen LogP contribution in [0.4, 0.5) is 0 Å². The van der Waals surface area contributed by atoms with Crippen molar-refractivity contribution in [1.29, 1.82) is 0 Å². The van der Waals surface area contributed by atoms with Crippen LogP contribution in [0.25, 0.3) is 0 Å². The molecular formula is C8H18O8P2. The zero-order valence-electron chi connectivity index (χ0n) is 10.5. The van der Waals surface area contributed by atoms with Crippen LogP contribution < -0.4 is 0 Å². The van der Waals surface area contributed by atoms with Crippen LogP contribution in [-0.2, 0) is 18.7 Å². The number of aliphatic hydroxyl groups excluding tert-OH is 2. The smallest absolute Gasteiger partial charge is 0.340 e. The Morgan fingerprint density at radius 3 is 0.944 bits per heavy atom. The second-order valence-electron chi connectivity index (χ2n) is 4.29. The summed E-state index contributed by atoms with van der Waals surface area (Å²) >= 11 is 0. The first-order valence-electron chi connectivity index (χ1n) is 4.62. The van der Waals surface area contributed by atoms with Gasteiger partial charge in [0.05, 0.1) is 0 Å². The van der Waals surface area contributed by atoms with Gasteiger partial charge >= 0.3 is 11.9 Å². The highest BCUT2D eigenvalue weighted by molar-refractivity contribution is 7.64. The van der Waals surface area contributed by atoms with E-state index in [-0.39, 0.29) is 0 Å². The van der Waals surface area contributed by atoms with Crippen LogP contribution >= 0.6 is 14.3 Å². The van der Waals surface area contributed by atoms with Gasteiger partial charge in [0, 0.05) is 0 Å². The highest BCUT2D eigenvalue weighted by atomic mass is 31.2. The molecule has 0 heterocycles. The van der Waals surface area contributed by atoms with Gasteiger partial charge in [0.15, 0.2) is 0 Å². The molecule has 2 unspecified atom stereocenters. The molecule has 2 atom stereocenters. The average molecular weight is 304 g/mol. The quantitative estimate of drug-likeness (QED) is 0.531. The van der Waals surface area contributed by atoms with Gasteiger partial charge in [0.25, 0.3) is 0 Å². The Labute approximate surface area is 104 Å². The van der Waals surface area contributed by atoms with Crippen molar-refractivity contribution in [2.75, 3.05) is 26.7 Å². The molecule has 0 aliphatic rings. The van der Waals surface area contributed by atoms with Gasteiger partial charge in [-0.2, -0.15) is 0 Å². The summed E-state index contributed by atoms with van der Waals surface area (Å²) in [7, 11) is -5.71. The van der Waals surface area contributed by atoms with Crippen LogP contribution in [0.2, 0.25) is 0 Å². The van der Waals surface area contributed by atoms with Crippen molar-refractivity contribution in [3.05, 3.63) is 0 Å². The van der Waals surface area contributed by atoms with Gasteiger partial charge < -0.3 is 29.6 Å². The summed E-state index contributed by atoms with van der Waals surface area (Å²) in [6.07, 6.45) is 0. The summed E-state index contributed by atoms with van der Waals surface area (Å²) in [5.74, 6) is -6.28. The third-order valence-corrected chi connectivity index (χ3v) is 4.42. The molecule has 0 radical (unpaired) electrons. The minimum Gasteiger partial charge on any atom is -0.479 e. The number of aliphatic hydroxyl groups is 2. The minimum atomic E-state index is -2.86. The van der Waals surface area contributed by atoms with Crippen LogP contribution in [-0.4, -0.2) is 70.7 Å². The fourth-order valence-electron chi connectivity index (χ4n) is 0.532. The molecular weight excluding hydrogens is 286 g/mol. The molecule has 0 fully saturated rings. The van der Waals surface area contributed by atoms with E-state index in [2.05, 4.69) is 0 Å². The summed E-state index contributed by atoms with van der Waals surface area (Å²) in [5, 5.41) is 33.4. The first-order chi connectivity index (χ1) is 7.71. The van der Waals surface area contributed by atoms with E-state index in [4.69, 9.17) is 20.4 Å². The number of carboxylic acids is 2. The standard InChI is InChI=1S/2C4H9O4P/c2*1-9(2,8)4(7)3(5)6/h2*4,7H,1-2H3,(H,5,6). The topological polar surface area (TPSA) is 149 Å². The first kappa shape index (κ1) is 19.7. The number of hydrogen-bond donors (Lipinski definition) is 4. The number of carbonyl (C=O) groups is 2. The normalized spacial score (nSPS) is 15.0. The van der Waals surface area contributed by atoms with Crippen molar-refractivity contribution in [3.8, 4) is 0 Å². The Morgan fingerprint density at radius 2 is 0.944 bits per heavy atom. The Bertz CT molecular complexity index is 354. The van der Waals surface area contributed by atoms with E-state index in [1.165, 1.54) is 26.7 Å². The maximum Gasteiger partial charge on any atom is 0.340 e. The number of hydrogen-bond acceptors (Lipinski definition) is 6. The molecule has 4 N–H and O–H groups in total. The Kier molecular flexibility index (Phi) is 7.69. The van der Waals surface area contributed by atoms with Crippen LogP contribution in [0.15, 0.2) is 0 Å². The van der Waals surface area contributed by atoms with E-state index in [1.807, 2.05) is 0 Å². The molecule has 0 saturated carbocycles. The minimum absolute atomic E-state index is 1.23. The van der Waals surface area contributed by atoms with E-state index in [0.717, 1.165) is 0 Å². The van der Waals surface area contributed by atoms with Crippen LogP contribution in [0.3, 0.4) is 0 Å². The van der Waals surface area contributed by atoms with Crippen LogP contribution in [0, 0.1) is 0 Å². The van der Waals surface area contributed by atoms with Crippen LogP contribution in [0.5, 0.6) is 0 Å². The molecule has 0 aliphatic heterocycles. The molecule has 18 heavy (non-hydrogen) atoms. The molecule has 0 bridgehead atoms. The largest absolute Gasteiger partial charge is 0.479 e. The zero-order valence-corrected chi connectivity index (χ0v) is 12.3. The molecule has 0 spiro atoms. The Morgan fingerprint density at radius 1 is 0.778 bits per heavy atom. The van der Waals surface area contributed by atoms with Gasteiger partial charge in [-0.15, -0.1) is 0 Å². The maximum absolute atomic E-state index is 10.7. The molecule has 0 rings (SSSR count). The van der Waals surface area contributed by atoms with E-state index < -0.39 is 37.9 Å². The van der Waals surface area contributed by atoms with Gasteiger partial charge in [-0.05, 0) is 26.7 Å². The maximum atomic E-state index is 10.7. The molecule has 0 amide bonds. The fraction of sp³-hybridized carbons (Fsp3) is 0.750. The molecule has 0 saturated heterocycles. The Hall–Kier alpha value is -0.680. The van der Waals surface area contributed by atoms with Gasteiger partial charge in [-0.1, -0.05) is 0 Å². The van der Waals surface area contributed by atoms with Crippen molar-refractivity contribution in [1.82, 2.24) is 0 Å². The zero-order chi connectivity index (χ0) is 15.3. The Balaban J connectivity index is 0. The van der Waals surface area contributed by atoms with Crippen molar-refractivity contribution >= 4 is 26.2 Å². The predicted molar refractivity (Wildman–Crippen MR) is 66.2 cm³/mol. The summed E-state index contributed by atoms with van der Waals surface area (Å²) in [6.45, 7) is 4.91. The van der Waals surface area contributed by atoms with Crippen LogP contribution in [0.1, 0.15) is 0 Å². The monoisotopic (exact) mass is 304 g/mol. The summed E-state index contributed by atoms with van der Waals surface area (Å²) in [5.41, 5.74) is 0. The first-order valence-corrected chi connectivity index (χ1v) is 9.96. The number of rotatable bonds is 4. The molecule has 108 valence electrons. The van der Waals surface area contributed by atoms with Gasteiger partial charge in [0.1, 0.15) is 14.3 Å². The van der Waals surface area contributed by atoms with Crippen molar-refractivity contribution in [2.24, 2.45) is 0 Å². The summed E-state index contributed by atoms with van der Waals surface area (Å²) in [6, 6.07) is 0. The highest BCUT2D eigenvalue weighted by Crippen LogP contribution is 2.41. The molecule has 8 nitrogen and oxygen atoms in total. The third kappa shape index (κ3) is 8.42. The van der Waals surface area contributed by atoms with Crippen molar-refractivity contribution in [3.63, 3.8) is 0 Å². The highest BCUT2D eigenvalue weighted by Gasteiger charge is 2.27. The lowest BCUT2D eigenvalue weighted by molar-refractivity contribution is -0.143. The molecule has 0 aliphatic carbocycles. The molecule has 10 heteroatoms. The average Bonchev–Trinajstić information content (AvgIpc) is 2.13. The fourth-order valence-corrected chi connectivity index (χ4v) is 1.60. The van der Waals surface area contributed by atoms with Gasteiger partial charge in [-0.3, -0.25) is 0 Å². The second kappa shape index (κ2) is 7.04. The van der Waals surface area contributed by atoms with Gasteiger partial charge in [0.2, 0.25) is 11.7 Å². The number of carboxylic acid groups (broad SMARTS) is 2. The predicted octanol–water partition coefficient (Wildman–Crippen LogP) is 0.0242. The van der Waals surface area contributed by atoms with Crippen molar-refractivity contribution in [2.45, 2.75) is 11.7 Å². The molecule has 0 aromatic heterocycles. The summed E-state index contributed by atoms with van der Waals surface area (Å²) in [4.78, 5) is 19.8. The third-order valence-electron chi connectivity index (χ3n) is 1.62. The van der Waals surface area contributed by atoms with E-state index in [1.54, 1.807) is 0 Å². The lowest BCUT2D eigenvalue weighted by Gasteiger charge is -2.08. The molecule has 0 aromatic rings. The number of aliphatic carboxylic acids is 2. The molecule has 0 aromatic carbocycles.